The van der Waals surface area contributed by atoms with E-state index in [1.54, 1.807) is 18.2 Å². The molecule has 3 heteroatoms. The van der Waals surface area contributed by atoms with Crippen molar-refractivity contribution in [3.63, 3.8) is 0 Å². The average Bonchev–Trinajstić information content (AvgIpc) is 2.48. The molecule has 0 aliphatic carbocycles. The van der Waals surface area contributed by atoms with Crippen LogP contribution in [-0.4, -0.2) is 4.92 Å². The minimum Gasteiger partial charge on any atom is -0.258 e. The van der Waals surface area contributed by atoms with Crippen LogP contribution >= 0.6 is 0 Å². The Balaban J connectivity index is 2.37. The second-order valence-corrected chi connectivity index (χ2v) is 4.75. The van der Waals surface area contributed by atoms with Crippen molar-refractivity contribution in [2.45, 2.75) is 6.92 Å². The first-order valence-electron chi connectivity index (χ1n) is 6.40. The molecule has 3 rings (SSSR count). The fourth-order valence-electron chi connectivity index (χ4n) is 2.55. The lowest BCUT2D eigenvalue weighted by Gasteiger charge is -2.09. The van der Waals surface area contributed by atoms with E-state index in [1.165, 1.54) is 5.56 Å². The Kier molecular flexibility index (Phi) is 2.95. The molecule has 0 spiro atoms. The minimum absolute atomic E-state index is 0.140. The van der Waals surface area contributed by atoms with Gasteiger partial charge >= 0.3 is 0 Å². The third-order valence-corrected chi connectivity index (χ3v) is 3.53. The smallest absolute Gasteiger partial charge is 0.258 e. The summed E-state index contributed by atoms with van der Waals surface area (Å²) in [5.74, 6) is 0. The molecular weight excluding hydrogens is 250 g/mol. The number of aryl methyl sites for hydroxylation is 1. The molecule has 0 N–H and O–H groups in total. The number of para-hydroxylation sites is 1. The molecule has 0 bridgehead atoms. The second kappa shape index (κ2) is 4.78. The lowest BCUT2D eigenvalue weighted by molar-refractivity contribution is -0.384. The van der Waals surface area contributed by atoms with Crippen LogP contribution in [0.1, 0.15) is 5.56 Å². The topological polar surface area (TPSA) is 43.1 Å². The van der Waals surface area contributed by atoms with Crippen molar-refractivity contribution >= 4 is 16.5 Å². The molecule has 0 amide bonds. The van der Waals surface area contributed by atoms with Gasteiger partial charge in [-0.1, -0.05) is 48.5 Å². The van der Waals surface area contributed by atoms with Crippen LogP contribution in [0.25, 0.3) is 21.9 Å². The predicted molar refractivity (Wildman–Crippen MR) is 80.8 cm³/mol. The number of nitrogens with zero attached hydrogens (tertiary/aromatic N) is 1. The Hall–Kier alpha value is -2.68. The van der Waals surface area contributed by atoms with Crippen LogP contribution in [0.5, 0.6) is 0 Å². The zero-order valence-corrected chi connectivity index (χ0v) is 11.0. The largest absolute Gasteiger partial charge is 0.277 e. The van der Waals surface area contributed by atoms with Gasteiger partial charge in [0.25, 0.3) is 5.69 Å². The molecule has 0 aromatic heterocycles. The van der Waals surface area contributed by atoms with Crippen molar-refractivity contribution in [1.82, 2.24) is 0 Å². The molecule has 3 nitrogen and oxygen atoms in total. The van der Waals surface area contributed by atoms with Crippen molar-refractivity contribution in [2.24, 2.45) is 0 Å². The summed E-state index contributed by atoms with van der Waals surface area (Å²) >= 11 is 0. The van der Waals surface area contributed by atoms with Crippen LogP contribution in [0.3, 0.4) is 0 Å². The molecule has 0 radical (unpaired) electrons. The number of hydrogen-bond donors (Lipinski definition) is 0. The molecule has 0 aliphatic rings. The lowest BCUT2D eigenvalue weighted by atomic mass is 9.95. The van der Waals surface area contributed by atoms with E-state index in [1.807, 2.05) is 49.4 Å². The van der Waals surface area contributed by atoms with E-state index in [9.17, 15) is 10.1 Å². The highest BCUT2D eigenvalue weighted by atomic mass is 16.6. The maximum absolute atomic E-state index is 11.2. The van der Waals surface area contributed by atoms with Gasteiger partial charge in [-0.15, -0.1) is 0 Å². The van der Waals surface area contributed by atoms with Gasteiger partial charge in [-0.25, -0.2) is 0 Å². The van der Waals surface area contributed by atoms with E-state index >= 15 is 0 Å². The molecular formula is C17H13NO2. The van der Waals surface area contributed by atoms with Crippen LogP contribution in [-0.2, 0) is 0 Å². The molecule has 0 saturated heterocycles. The molecule has 20 heavy (non-hydrogen) atoms. The first-order valence-corrected chi connectivity index (χ1v) is 6.40. The number of benzene rings is 3. The average molecular weight is 263 g/mol. The van der Waals surface area contributed by atoms with Crippen molar-refractivity contribution < 1.29 is 4.92 Å². The summed E-state index contributed by atoms with van der Waals surface area (Å²) < 4.78 is 0. The Morgan fingerprint density at radius 3 is 2.20 bits per heavy atom. The Labute approximate surface area is 116 Å². The van der Waals surface area contributed by atoms with Gasteiger partial charge in [0.1, 0.15) is 0 Å². The quantitative estimate of drug-likeness (QED) is 0.495. The molecule has 0 unspecified atom stereocenters. The number of nitro groups is 1. The fourth-order valence-corrected chi connectivity index (χ4v) is 2.55. The summed E-state index contributed by atoms with van der Waals surface area (Å²) in [4.78, 5) is 10.9. The number of rotatable bonds is 2. The van der Waals surface area contributed by atoms with E-state index in [0.29, 0.717) is 5.56 Å². The van der Waals surface area contributed by atoms with Gasteiger partial charge < -0.3 is 0 Å². The van der Waals surface area contributed by atoms with Gasteiger partial charge in [-0.2, -0.15) is 0 Å². The summed E-state index contributed by atoms with van der Waals surface area (Å²) in [7, 11) is 0. The normalized spacial score (nSPS) is 10.7. The Morgan fingerprint density at radius 1 is 0.800 bits per heavy atom. The second-order valence-electron chi connectivity index (χ2n) is 4.75. The monoisotopic (exact) mass is 263 g/mol. The summed E-state index contributed by atoms with van der Waals surface area (Å²) in [5.41, 5.74) is 2.87. The summed E-state index contributed by atoms with van der Waals surface area (Å²) in [6, 6.07) is 18.8. The molecule has 0 fully saturated rings. The van der Waals surface area contributed by atoms with E-state index in [-0.39, 0.29) is 10.6 Å². The maximum Gasteiger partial charge on any atom is 0.277 e. The van der Waals surface area contributed by atoms with Gasteiger partial charge in [-0.3, -0.25) is 10.1 Å². The van der Waals surface area contributed by atoms with Gasteiger partial charge in [-0.05, 0) is 34.9 Å². The van der Waals surface area contributed by atoms with E-state index in [2.05, 4.69) is 0 Å². The van der Waals surface area contributed by atoms with Gasteiger partial charge in [0.15, 0.2) is 0 Å². The fraction of sp³-hybridized carbons (Fsp3) is 0.0588. The van der Waals surface area contributed by atoms with Crippen LogP contribution < -0.4 is 0 Å². The highest BCUT2D eigenvalue weighted by molar-refractivity contribution is 6.00. The Bertz CT molecular complexity index is 809. The zero-order valence-electron chi connectivity index (χ0n) is 11.0. The van der Waals surface area contributed by atoms with Crippen LogP contribution in [0.15, 0.2) is 60.7 Å². The third-order valence-electron chi connectivity index (χ3n) is 3.53. The standard InChI is InChI=1S/C17H13NO2/c1-12-10-11-15(14-7-3-2-6-13(12)14)16-8-4-5-9-17(16)18(19)20/h2-11H,1H3. The first kappa shape index (κ1) is 12.4. The molecule has 98 valence electrons. The van der Waals surface area contributed by atoms with Gasteiger partial charge in [0.2, 0.25) is 0 Å². The minimum atomic E-state index is -0.329. The number of fused-ring (bicyclic) bond motifs is 1. The summed E-state index contributed by atoms with van der Waals surface area (Å²) in [6.07, 6.45) is 0. The number of nitro benzene ring substituents is 1. The van der Waals surface area contributed by atoms with Gasteiger partial charge in [0.05, 0.1) is 10.5 Å². The van der Waals surface area contributed by atoms with E-state index in [4.69, 9.17) is 0 Å². The third kappa shape index (κ3) is 1.93. The van der Waals surface area contributed by atoms with E-state index < -0.39 is 0 Å². The van der Waals surface area contributed by atoms with Crippen LogP contribution in [0.4, 0.5) is 5.69 Å². The van der Waals surface area contributed by atoms with Crippen LogP contribution in [0.2, 0.25) is 0 Å². The Morgan fingerprint density at radius 2 is 1.45 bits per heavy atom. The predicted octanol–water partition coefficient (Wildman–Crippen LogP) is 4.72. The van der Waals surface area contributed by atoms with Crippen molar-refractivity contribution in [3.8, 4) is 11.1 Å². The summed E-state index contributed by atoms with van der Waals surface area (Å²) in [6.45, 7) is 2.05. The molecule has 3 aromatic rings. The van der Waals surface area contributed by atoms with Crippen molar-refractivity contribution in [2.75, 3.05) is 0 Å². The highest BCUT2D eigenvalue weighted by Gasteiger charge is 2.16. The summed E-state index contributed by atoms with van der Waals surface area (Å²) in [5, 5.41) is 13.4. The first-order chi connectivity index (χ1) is 9.68. The SMILES string of the molecule is Cc1ccc(-c2ccccc2[N+](=O)[O-])c2ccccc12. The highest BCUT2D eigenvalue weighted by Crippen LogP contribution is 2.35. The van der Waals surface area contributed by atoms with Crippen molar-refractivity contribution in [1.29, 1.82) is 0 Å². The lowest BCUT2D eigenvalue weighted by Crippen LogP contribution is -1.92. The molecule has 3 aromatic carbocycles. The molecule has 0 heterocycles. The maximum atomic E-state index is 11.2. The molecule has 0 atom stereocenters. The molecule has 0 saturated carbocycles. The van der Waals surface area contributed by atoms with Crippen LogP contribution in [0, 0.1) is 17.0 Å². The molecule has 0 aliphatic heterocycles. The number of hydrogen-bond acceptors (Lipinski definition) is 2. The zero-order chi connectivity index (χ0) is 14.1. The van der Waals surface area contributed by atoms with E-state index in [0.717, 1.165) is 16.3 Å². The van der Waals surface area contributed by atoms with Gasteiger partial charge in [0, 0.05) is 6.07 Å². The van der Waals surface area contributed by atoms with Crippen molar-refractivity contribution in [3.05, 3.63) is 76.3 Å².